The summed E-state index contributed by atoms with van der Waals surface area (Å²) in [7, 11) is 1.75. The van der Waals surface area contributed by atoms with Crippen molar-refractivity contribution in [1.29, 1.82) is 0 Å². The van der Waals surface area contributed by atoms with Gasteiger partial charge in [0.1, 0.15) is 12.2 Å². The van der Waals surface area contributed by atoms with Gasteiger partial charge in [0.2, 0.25) is 18.2 Å². The molecule has 3 fully saturated rings. The van der Waals surface area contributed by atoms with Crippen LogP contribution in [0.25, 0.3) is 0 Å². The van der Waals surface area contributed by atoms with Crippen LogP contribution in [0.4, 0.5) is 0 Å². The van der Waals surface area contributed by atoms with E-state index in [0.29, 0.717) is 13.0 Å². The Morgan fingerprint density at radius 3 is 2.54 bits per heavy atom. The van der Waals surface area contributed by atoms with Gasteiger partial charge in [-0.3, -0.25) is 19.4 Å². The van der Waals surface area contributed by atoms with E-state index in [1.165, 1.54) is 0 Å². The van der Waals surface area contributed by atoms with Crippen LogP contribution in [0.2, 0.25) is 0 Å². The van der Waals surface area contributed by atoms with Crippen LogP contribution < -0.4 is 0 Å². The second-order valence-electron chi connectivity index (χ2n) is 7.17. The molecule has 1 aliphatic carbocycles. The average Bonchev–Trinajstić information content (AvgIpc) is 3.08. The largest absolute Gasteiger partial charge is 0.334 e. The van der Waals surface area contributed by atoms with Crippen molar-refractivity contribution in [2.24, 2.45) is 0 Å². The first-order chi connectivity index (χ1) is 11.6. The topological polar surface area (TPSA) is 64.2 Å². The molecule has 7 nitrogen and oxygen atoms in total. The van der Waals surface area contributed by atoms with E-state index >= 15 is 0 Å². The Morgan fingerprint density at radius 2 is 1.92 bits per heavy atom. The van der Waals surface area contributed by atoms with E-state index in [2.05, 4.69) is 6.92 Å². The molecular weight excluding hydrogens is 308 g/mol. The molecule has 2 aliphatic heterocycles. The molecule has 0 aromatic heterocycles. The fourth-order valence-corrected chi connectivity index (χ4v) is 4.37. The highest BCUT2D eigenvalue weighted by atomic mass is 16.2. The molecule has 0 aromatic rings. The van der Waals surface area contributed by atoms with Crippen LogP contribution in [0.5, 0.6) is 0 Å². The number of unbranched alkanes of at least 4 members (excludes halogenated alkanes) is 1. The van der Waals surface area contributed by atoms with Crippen molar-refractivity contribution in [3.63, 3.8) is 0 Å². The van der Waals surface area contributed by atoms with Crippen LogP contribution >= 0.6 is 0 Å². The molecule has 0 radical (unpaired) electrons. The Hall–Kier alpha value is -1.63. The number of amides is 3. The first kappa shape index (κ1) is 17.2. The van der Waals surface area contributed by atoms with Crippen molar-refractivity contribution in [2.75, 3.05) is 20.1 Å². The predicted molar refractivity (Wildman–Crippen MR) is 88.4 cm³/mol. The Labute approximate surface area is 143 Å². The summed E-state index contributed by atoms with van der Waals surface area (Å²) in [4.78, 5) is 41.0. The summed E-state index contributed by atoms with van der Waals surface area (Å²) in [6, 6.07) is -0.160. The quantitative estimate of drug-likeness (QED) is 0.697. The van der Waals surface area contributed by atoms with E-state index in [1.54, 1.807) is 22.0 Å². The van der Waals surface area contributed by atoms with Gasteiger partial charge in [-0.25, -0.2) is 5.01 Å². The summed E-state index contributed by atoms with van der Waals surface area (Å²) in [5, 5.41) is 3.24. The average molecular weight is 336 g/mol. The van der Waals surface area contributed by atoms with Crippen molar-refractivity contribution < 1.29 is 14.4 Å². The van der Waals surface area contributed by atoms with E-state index in [4.69, 9.17) is 0 Å². The van der Waals surface area contributed by atoms with Crippen molar-refractivity contribution in [2.45, 2.75) is 70.1 Å². The van der Waals surface area contributed by atoms with Crippen molar-refractivity contribution >= 4 is 18.2 Å². The molecule has 3 rings (SSSR count). The summed E-state index contributed by atoms with van der Waals surface area (Å²) in [6.07, 6.45) is 7.35. The lowest BCUT2D eigenvalue weighted by molar-refractivity contribution is -0.198. The molecule has 1 unspecified atom stereocenters. The first-order valence-electron chi connectivity index (χ1n) is 9.14. The summed E-state index contributed by atoms with van der Waals surface area (Å²) in [5.41, 5.74) is 0. The van der Waals surface area contributed by atoms with E-state index in [9.17, 15) is 14.4 Å². The van der Waals surface area contributed by atoms with Crippen molar-refractivity contribution in [3.05, 3.63) is 0 Å². The van der Waals surface area contributed by atoms with Crippen LogP contribution in [0.1, 0.15) is 51.9 Å². The molecule has 0 bridgehead atoms. The van der Waals surface area contributed by atoms with E-state index < -0.39 is 6.04 Å². The minimum absolute atomic E-state index is 0.0545. The Kier molecular flexibility index (Phi) is 5.08. The zero-order chi connectivity index (χ0) is 17.3. The third-order valence-corrected chi connectivity index (χ3v) is 5.64. The number of nitrogens with zero attached hydrogens (tertiary/aromatic N) is 4. The number of hydrogen-bond donors (Lipinski definition) is 0. The van der Waals surface area contributed by atoms with Gasteiger partial charge in [-0.05, 0) is 19.3 Å². The molecule has 134 valence electrons. The zero-order valence-corrected chi connectivity index (χ0v) is 14.7. The summed E-state index contributed by atoms with van der Waals surface area (Å²) in [5.74, 6) is 0.0245. The van der Waals surface area contributed by atoms with Crippen LogP contribution in [-0.4, -0.2) is 76.4 Å². The molecule has 0 spiro atoms. The van der Waals surface area contributed by atoms with Gasteiger partial charge in [0.15, 0.2) is 0 Å². The number of hydrazine groups is 1. The molecule has 0 aromatic carbocycles. The molecular formula is C17H28N4O3. The summed E-state index contributed by atoms with van der Waals surface area (Å²) < 4.78 is 0. The fraction of sp³-hybridized carbons (Fsp3) is 0.824. The normalized spacial score (nSPS) is 29.3. The first-order valence-corrected chi connectivity index (χ1v) is 9.14. The lowest BCUT2D eigenvalue weighted by atomic mass is 9.99. The molecule has 7 heteroatoms. The second kappa shape index (κ2) is 7.09. The monoisotopic (exact) mass is 336 g/mol. The van der Waals surface area contributed by atoms with Crippen LogP contribution in [0.3, 0.4) is 0 Å². The highest BCUT2D eigenvalue weighted by Crippen LogP contribution is 2.32. The standard InChI is InChI=1S/C17H28N4O3/c1-3-4-9-14-17(24)19(13-7-5-6-8-13)10-15-20(12-22)18(2)11-16(23)21(14)15/h12-15H,3-11H2,1-2H3/t14-,15?/m0/s1. The van der Waals surface area contributed by atoms with Gasteiger partial charge in [0.25, 0.3) is 0 Å². The van der Waals surface area contributed by atoms with E-state index in [0.717, 1.165) is 44.9 Å². The smallest absolute Gasteiger partial charge is 0.245 e. The Morgan fingerprint density at radius 1 is 1.21 bits per heavy atom. The Bertz CT molecular complexity index is 506. The fourth-order valence-electron chi connectivity index (χ4n) is 4.37. The van der Waals surface area contributed by atoms with E-state index in [-0.39, 0.29) is 30.6 Å². The molecule has 24 heavy (non-hydrogen) atoms. The SMILES string of the molecule is CCCC[C@H]1C(=O)N(C2CCCC2)CC2N1C(=O)CN(C)N2C=O. The number of piperazine rings is 1. The molecule has 3 aliphatic rings. The lowest BCUT2D eigenvalue weighted by Crippen LogP contribution is -2.74. The van der Waals surface area contributed by atoms with Gasteiger partial charge in [-0.15, -0.1) is 0 Å². The van der Waals surface area contributed by atoms with Gasteiger partial charge in [-0.2, -0.15) is 0 Å². The third-order valence-electron chi connectivity index (χ3n) is 5.64. The molecule has 3 amide bonds. The number of likely N-dealkylation sites (N-methyl/N-ethyl adjacent to an activating group) is 1. The highest BCUT2D eigenvalue weighted by Gasteiger charge is 2.50. The minimum Gasteiger partial charge on any atom is -0.334 e. The lowest BCUT2D eigenvalue weighted by Gasteiger charge is -2.54. The van der Waals surface area contributed by atoms with Crippen molar-refractivity contribution in [3.8, 4) is 0 Å². The van der Waals surface area contributed by atoms with Crippen molar-refractivity contribution in [1.82, 2.24) is 19.8 Å². The molecule has 2 heterocycles. The minimum atomic E-state index is -0.423. The number of fused-ring (bicyclic) bond motifs is 1. The maximum Gasteiger partial charge on any atom is 0.245 e. The number of hydrogen-bond acceptors (Lipinski definition) is 4. The van der Waals surface area contributed by atoms with Gasteiger partial charge in [0, 0.05) is 13.1 Å². The van der Waals surface area contributed by atoms with E-state index in [1.807, 2.05) is 4.90 Å². The number of carbonyl (C=O) groups is 3. The second-order valence-corrected chi connectivity index (χ2v) is 7.17. The van der Waals surface area contributed by atoms with Gasteiger partial charge < -0.3 is 9.80 Å². The third kappa shape index (κ3) is 2.90. The Balaban J connectivity index is 1.91. The summed E-state index contributed by atoms with van der Waals surface area (Å²) >= 11 is 0. The molecule has 1 saturated carbocycles. The van der Waals surface area contributed by atoms with Gasteiger partial charge in [0.05, 0.1) is 13.1 Å². The van der Waals surface area contributed by atoms with Crippen LogP contribution in [0.15, 0.2) is 0 Å². The zero-order valence-electron chi connectivity index (χ0n) is 14.7. The maximum absolute atomic E-state index is 13.1. The molecule has 2 atom stereocenters. The van der Waals surface area contributed by atoms with Gasteiger partial charge in [-0.1, -0.05) is 32.6 Å². The number of rotatable bonds is 5. The highest BCUT2D eigenvalue weighted by molar-refractivity contribution is 5.90. The van der Waals surface area contributed by atoms with Gasteiger partial charge >= 0.3 is 0 Å². The number of carbonyl (C=O) groups excluding carboxylic acids is 3. The molecule has 2 saturated heterocycles. The molecule has 0 N–H and O–H groups in total. The maximum atomic E-state index is 13.1. The predicted octanol–water partition coefficient (Wildman–Crippen LogP) is 0.804. The van der Waals surface area contributed by atoms with Crippen LogP contribution in [0, 0.1) is 0 Å². The summed E-state index contributed by atoms with van der Waals surface area (Å²) in [6.45, 7) is 2.67. The van der Waals surface area contributed by atoms with Crippen LogP contribution in [-0.2, 0) is 14.4 Å².